The maximum absolute atomic E-state index is 11.3. The van der Waals surface area contributed by atoms with Gasteiger partial charge in [-0.1, -0.05) is 11.8 Å². The fourth-order valence-corrected chi connectivity index (χ4v) is 1.28. The second-order valence-corrected chi connectivity index (χ2v) is 5.15. The molecule has 4 N–H and O–H groups in total. The van der Waals surface area contributed by atoms with E-state index in [1.165, 1.54) is 12.3 Å². The molecule has 0 spiro atoms. The van der Waals surface area contributed by atoms with Gasteiger partial charge in [0.15, 0.2) is 0 Å². The summed E-state index contributed by atoms with van der Waals surface area (Å²) in [4.78, 5) is 24.9. The van der Waals surface area contributed by atoms with Crippen molar-refractivity contribution in [2.75, 3.05) is 12.3 Å². The number of hydrogen-bond donors (Lipinski definition) is 3. The zero-order chi connectivity index (χ0) is 15.2. The van der Waals surface area contributed by atoms with Crippen LogP contribution in [0.1, 0.15) is 32.8 Å². The lowest BCUT2D eigenvalue weighted by Crippen LogP contribution is -2.32. The summed E-state index contributed by atoms with van der Waals surface area (Å²) in [5, 5.41) is 2.60. The Kier molecular flexibility index (Phi) is 5.21. The number of H-pyrrole nitrogens is 1. The second kappa shape index (κ2) is 6.66. The third-order valence-corrected chi connectivity index (χ3v) is 2.08. The summed E-state index contributed by atoms with van der Waals surface area (Å²) >= 11 is 0. The van der Waals surface area contributed by atoms with Crippen molar-refractivity contribution in [3.8, 4) is 11.8 Å². The van der Waals surface area contributed by atoms with Crippen molar-refractivity contribution in [1.82, 2.24) is 10.3 Å². The van der Waals surface area contributed by atoms with Gasteiger partial charge >= 0.3 is 6.09 Å². The fraction of sp³-hybridized carbons (Fsp3) is 0.429. The zero-order valence-electron chi connectivity index (χ0n) is 11.9. The van der Waals surface area contributed by atoms with Crippen LogP contribution < -0.4 is 16.6 Å². The summed E-state index contributed by atoms with van der Waals surface area (Å²) < 4.78 is 5.08. The highest BCUT2D eigenvalue weighted by Gasteiger charge is 2.15. The van der Waals surface area contributed by atoms with Crippen molar-refractivity contribution in [3.05, 3.63) is 28.2 Å². The van der Waals surface area contributed by atoms with E-state index in [-0.39, 0.29) is 11.2 Å². The lowest BCUT2D eigenvalue weighted by atomic mass is 10.2. The molecular formula is C14H19N3O3. The van der Waals surface area contributed by atoms with Crippen molar-refractivity contribution in [3.63, 3.8) is 0 Å². The molecule has 0 unspecified atom stereocenters. The number of carbonyl (C=O) groups is 1. The number of anilines is 1. The smallest absolute Gasteiger partial charge is 0.407 e. The first-order valence-electron chi connectivity index (χ1n) is 6.22. The van der Waals surface area contributed by atoms with Crippen LogP contribution in [0.4, 0.5) is 10.5 Å². The number of amides is 1. The van der Waals surface area contributed by atoms with Crippen LogP contribution in [0, 0.1) is 11.8 Å². The van der Waals surface area contributed by atoms with Gasteiger partial charge in [-0.15, -0.1) is 0 Å². The molecule has 6 heteroatoms. The minimum atomic E-state index is -0.511. The highest BCUT2D eigenvalue weighted by Crippen LogP contribution is 2.06. The predicted octanol–water partition coefficient (Wildman–Crippen LogP) is 1.22. The molecule has 0 aromatic carbocycles. The molecule has 1 rings (SSSR count). The molecule has 1 aromatic rings. The summed E-state index contributed by atoms with van der Waals surface area (Å²) in [5.74, 6) is 5.71. The number of carbonyl (C=O) groups excluding carboxylic acids is 1. The van der Waals surface area contributed by atoms with E-state index in [9.17, 15) is 9.59 Å². The van der Waals surface area contributed by atoms with Gasteiger partial charge in [-0.25, -0.2) is 4.79 Å². The number of rotatable bonds is 2. The number of alkyl carbamates (subject to hydrolysis) is 1. The second-order valence-electron chi connectivity index (χ2n) is 5.15. The Morgan fingerprint density at radius 1 is 1.50 bits per heavy atom. The van der Waals surface area contributed by atoms with E-state index >= 15 is 0 Å². The predicted molar refractivity (Wildman–Crippen MR) is 77.2 cm³/mol. The fourth-order valence-electron chi connectivity index (χ4n) is 1.28. The summed E-state index contributed by atoms with van der Waals surface area (Å²) in [6.07, 6.45) is 1.50. The van der Waals surface area contributed by atoms with Crippen molar-refractivity contribution in [2.45, 2.75) is 32.8 Å². The lowest BCUT2D eigenvalue weighted by molar-refractivity contribution is 0.0529. The van der Waals surface area contributed by atoms with E-state index in [1.54, 1.807) is 20.8 Å². The van der Waals surface area contributed by atoms with Gasteiger partial charge in [-0.05, 0) is 26.8 Å². The molecule has 108 valence electrons. The molecule has 0 atom stereocenters. The number of pyridine rings is 1. The summed E-state index contributed by atoms with van der Waals surface area (Å²) in [5.41, 5.74) is 5.38. The zero-order valence-corrected chi connectivity index (χ0v) is 11.9. The minimum Gasteiger partial charge on any atom is -0.444 e. The van der Waals surface area contributed by atoms with Gasteiger partial charge in [0.2, 0.25) is 0 Å². The van der Waals surface area contributed by atoms with Crippen molar-refractivity contribution in [2.24, 2.45) is 0 Å². The first kappa shape index (κ1) is 15.6. The van der Waals surface area contributed by atoms with Crippen LogP contribution in [0.25, 0.3) is 0 Å². The number of aromatic nitrogens is 1. The largest absolute Gasteiger partial charge is 0.444 e. The maximum atomic E-state index is 11.3. The van der Waals surface area contributed by atoms with E-state index in [4.69, 9.17) is 10.5 Å². The van der Waals surface area contributed by atoms with Crippen LogP contribution in [0.15, 0.2) is 17.1 Å². The lowest BCUT2D eigenvalue weighted by Gasteiger charge is -2.19. The number of nitrogens with one attached hydrogen (secondary N) is 2. The van der Waals surface area contributed by atoms with Gasteiger partial charge in [0.05, 0.1) is 5.69 Å². The average molecular weight is 277 g/mol. The van der Waals surface area contributed by atoms with E-state index < -0.39 is 11.7 Å². The molecule has 1 aromatic heterocycles. The number of hydrogen-bond acceptors (Lipinski definition) is 4. The topological polar surface area (TPSA) is 97.2 Å². The van der Waals surface area contributed by atoms with Crippen molar-refractivity contribution >= 4 is 11.8 Å². The van der Waals surface area contributed by atoms with E-state index in [0.717, 1.165) is 0 Å². The molecule has 6 nitrogen and oxygen atoms in total. The maximum Gasteiger partial charge on any atom is 0.407 e. The van der Waals surface area contributed by atoms with Crippen LogP contribution in [-0.4, -0.2) is 23.2 Å². The molecule has 1 heterocycles. The van der Waals surface area contributed by atoms with Crippen LogP contribution in [0.5, 0.6) is 0 Å². The average Bonchev–Trinajstić information content (AvgIpc) is 2.31. The molecule has 0 radical (unpaired) electrons. The van der Waals surface area contributed by atoms with Crippen molar-refractivity contribution in [1.29, 1.82) is 0 Å². The highest BCUT2D eigenvalue weighted by atomic mass is 16.6. The van der Waals surface area contributed by atoms with Gasteiger partial charge in [0.25, 0.3) is 5.56 Å². The van der Waals surface area contributed by atoms with E-state index in [0.29, 0.717) is 18.5 Å². The monoisotopic (exact) mass is 277 g/mol. The van der Waals surface area contributed by atoms with Crippen LogP contribution in [-0.2, 0) is 4.74 Å². The molecule has 1 amide bonds. The number of aromatic amines is 1. The molecular weight excluding hydrogens is 258 g/mol. The standard InChI is InChI=1S/C14H19N3O3/c1-14(2,3)20-13(19)16-7-5-4-6-10-8-11(15)12(18)17-9-10/h8-9H,5,7,15H2,1-3H3,(H,16,19)(H,17,18). The summed E-state index contributed by atoms with van der Waals surface area (Å²) in [6, 6.07) is 1.51. The molecule has 20 heavy (non-hydrogen) atoms. The quantitative estimate of drug-likeness (QED) is 0.559. The van der Waals surface area contributed by atoms with Gasteiger partial charge < -0.3 is 20.8 Å². The van der Waals surface area contributed by atoms with Gasteiger partial charge in [-0.2, -0.15) is 0 Å². The normalized spacial score (nSPS) is 10.3. The summed E-state index contributed by atoms with van der Waals surface area (Å²) in [7, 11) is 0. The Morgan fingerprint density at radius 3 is 2.80 bits per heavy atom. The number of nitrogens with two attached hydrogens (primary N) is 1. The minimum absolute atomic E-state index is 0.128. The van der Waals surface area contributed by atoms with Crippen LogP contribution >= 0.6 is 0 Å². The first-order valence-corrected chi connectivity index (χ1v) is 6.22. The Bertz CT molecular complexity index is 588. The third kappa shape index (κ3) is 5.96. The van der Waals surface area contributed by atoms with Gasteiger partial charge in [0.1, 0.15) is 5.60 Å². The first-order chi connectivity index (χ1) is 9.28. The Hall–Kier alpha value is -2.42. The molecule has 0 aliphatic heterocycles. The Labute approximate surface area is 117 Å². The Balaban J connectivity index is 2.38. The van der Waals surface area contributed by atoms with Crippen LogP contribution in [0.2, 0.25) is 0 Å². The van der Waals surface area contributed by atoms with Gasteiger partial charge in [0, 0.05) is 24.7 Å². The Morgan fingerprint density at radius 2 is 2.20 bits per heavy atom. The van der Waals surface area contributed by atoms with Crippen LogP contribution in [0.3, 0.4) is 0 Å². The number of ether oxygens (including phenoxy) is 1. The van der Waals surface area contributed by atoms with Gasteiger partial charge in [-0.3, -0.25) is 4.79 Å². The highest BCUT2D eigenvalue weighted by molar-refractivity contribution is 5.67. The van der Waals surface area contributed by atoms with E-state index in [1.807, 2.05) is 0 Å². The van der Waals surface area contributed by atoms with Crippen molar-refractivity contribution < 1.29 is 9.53 Å². The molecule has 0 aliphatic carbocycles. The molecule has 0 fully saturated rings. The number of nitrogen functional groups attached to an aromatic ring is 1. The molecule has 0 saturated carbocycles. The third-order valence-electron chi connectivity index (χ3n) is 2.08. The molecule has 0 bridgehead atoms. The SMILES string of the molecule is CC(C)(C)OC(=O)NCCC#Cc1c[nH]c(=O)c(N)c1. The summed E-state index contributed by atoms with van der Waals surface area (Å²) in [6.45, 7) is 5.79. The van der Waals surface area contributed by atoms with E-state index in [2.05, 4.69) is 22.1 Å². The molecule has 0 saturated heterocycles. The molecule has 0 aliphatic rings.